The van der Waals surface area contributed by atoms with Crippen LogP contribution in [0.2, 0.25) is 0 Å². The van der Waals surface area contributed by atoms with Crippen LogP contribution in [0.15, 0.2) is 42.5 Å². The van der Waals surface area contributed by atoms with Crippen LogP contribution in [0.3, 0.4) is 0 Å². The molecule has 2 aromatic rings. The van der Waals surface area contributed by atoms with Gasteiger partial charge in [0, 0.05) is 11.4 Å². The molecule has 164 valence electrons. The zero-order chi connectivity index (χ0) is 23.3. The number of thiocarbonyl (C=S) groups is 1. The van der Waals surface area contributed by atoms with E-state index in [2.05, 4.69) is 4.85 Å². The largest absolute Gasteiger partial charge is 0.465 e. The molecule has 6 nitrogen and oxygen atoms in total. The molecule has 1 amide bonds. The Morgan fingerprint density at radius 1 is 1.16 bits per heavy atom. The van der Waals surface area contributed by atoms with Gasteiger partial charge in [0.1, 0.15) is 5.54 Å². The summed E-state index contributed by atoms with van der Waals surface area (Å²) in [5.74, 6) is -0.925. The number of ether oxygens (including phenoxy) is 1. The molecule has 2 aliphatic rings. The number of hydrogen-bond acceptors (Lipinski definition) is 4. The third kappa shape index (κ3) is 3.20. The maximum absolute atomic E-state index is 13.5. The fourth-order valence-electron chi connectivity index (χ4n) is 4.06. The van der Waals surface area contributed by atoms with E-state index in [0.29, 0.717) is 24.1 Å². The molecule has 1 saturated carbocycles. The molecule has 0 N–H and O–H groups in total. The van der Waals surface area contributed by atoms with Crippen LogP contribution >= 0.6 is 12.2 Å². The van der Waals surface area contributed by atoms with Crippen molar-refractivity contribution in [3.63, 3.8) is 0 Å². The second kappa shape index (κ2) is 7.60. The molecule has 0 unspecified atom stereocenters. The molecular weight excluding hydrogens is 443 g/mol. The van der Waals surface area contributed by atoms with E-state index < -0.39 is 34.8 Å². The molecule has 1 saturated heterocycles. The highest BCUT2D eigenvalue weighted by atomic mass is 32.1. The van der Waals surface area contributed by atoms with Crippen LogP contribution < -0.4 is 9.80 Å². The Morgan fingerprint density at radius 2 is 1.78 bits per heavy atom. The van der Waals surface area contributed by atoms with Gasteiger partial charge in [-0.1, -0.05) is 6.07 Å². The molecule has 2 aromatic carbocycles. The quantitative estimate of drug-likeness (QED) is 0.363. The highest BCUT2D eigenvalue weighted by molar-refractivity contribution is 7.81. The lowest BCUT2D eigenvalue weighted by atomic mass is 9.75. The lowest BCUT2D eigenvalue weighted by Crippen LogP contribution is -2.55. The van der Waals surface area contributed by atoms with E-state index in [-0.39, 0.29) is 10.8 Å². The van der Waals surface area contributed by atoms with Gasteiger partial charge in [-0.25, -0.2) is 9.64 Å². The van der Waals surface area contributed by atoms with Crippen molar-refractivity contribution in [1.82, 2.24) is 0 Å². The first-order valence-electron chi connectivity index (χ1n) is 9.60. The number of rotatable bonds is 3. The van der Waals surface area contributed by atoms with Crippen LogP contribution in [-0.4, -0.2) is 29.6 Å². The first-order chi connectivity index (χ1) is 15.1. The summed E-state index contributed by atoms with van der Waals surface area (Å²) in [7, 11) is 1.26. The number of hydrogen-bond donors (Lipinski definition) is 0. The molecule has 32 heavy (non-hydrogen) atoms. The molecule has 0 bridgehead atoms. The summed E-state index contributed by atoms with van der Waals surface area (Å²) in [4.78, 5) is 30.8. The van der Waals surface area contributed by atoms with E-state index in [4.69, 9.17) is 23.5 Å². The van der Waals surface area contributed by atoms with E-state index in [1.54, 1.807) is 17.0 Å². The summed E-state index contributed by atoms with van der Waals surface area (Å²) >= 11 is 5.55. The van der Waals surface area contributed by atoms with Crippen molar-refractivity contribution in [2.24, 2.45) is 0 Å². The summed E-state index contributed by atoms with van der Waals surface area (Å²) in [5.41, 5.74) is -1.83. The number of methoxy groups -OCH3 is 1. The van der Waals surface area contributed by atoms with Crippen LogP contribution in [0.5, 0.6) is 0 Å². The lowest BCUT2D eigenvalue weighted by molar-refractivity contribution is -0.137. The first kappa shape index (κ1) is 21.8. The minimum atomic E-state index is -4.75. The highest BCUT2D eigenvalue weighted by Gasteiger charge is 2.59. The van der Waals surface area contributed by atoms with Crippen molar-refractivity contribution in [2.75, 3.05) is 16.9 Å². The Morgan fingerprint density at radius 3 is 2.28 bits per heavy atom. The standard InChI is InChI=1S/C22H16F3N3O3S/c1-26-17-9-8-15(12-16(17)22(23,24)25)27-19(30)21(10-3-11-21)28(20(27)32)14-6-4-13(5-7-14)18(29)31-2/h4-9,12H,3,10-11H2,2H3. The van der Waals surface area contributed by atoms with E-state index in [1.165, 1.54) is 25.3 Å². The van der Waals surface area contributed by atoms with E-state index >= 15 is 0 Å². The summed E-state index contributed by atoms with van der Waals surface area (Å²) in [6.07, 6.45) is -3.00. The monoisotopic (exact) mass is 459 g/mol. The van der Waals surface area contributed by atoms with E-state index in [0.717, 1.165) is 23.5 Å². The number of carbonyl (C=O) groups excluding carboxylic acids is 2. The molecular formula is C22H16F3N3O3S. The maximum Gasteiger partial charge on any atom is 0.407 e. The van der Waals surface area contributed by atoms with Crippen LogP contribution in [0.4, 0.5) is 30.2 Å². The van der Waals surface area contributed by atoms with Gasteiger partial charge in [0.15, 0.2) is 10.8 Å². The Bertz CT molecular complexity index is 1170. The molecule has 1 aliphatic carbocycles. The third-order valence-electron chi connectivity index (χ3n) is 5.80. The van der Waals surface area contributed by atoms with Gasteiger partial charge in [0.05, 0.1) is 24.8 Å². The molecule has 2 fully saturated rings. The van der Waals surface area contributed by atoms with Crippen LogP contribution in [0.1, 0.15) is 35.2 Å². The number of nitrogens with zero attached hydrogens (tertiary/aromatic N) is 3. The highest BCUT2D eigenvalue weighted by Crippen LogP contribution is 2.48. The lowest BCUT2D eigenvalue weighted by Gasteiger charge is -2.43. The maximum atomic E-state index is 13.5. The Hall–Kier alpha value is -3.45. The average Bonchev–Trinajstić information content (AvgIpc) is 2.99. The third-order valence-corrected chi connectivity index (χ3v) is 6.17. The van der Waals surface area contributed by atoms with E-state index in [9.17, 15) is 22.8 Å². The van der Waals surface area contributed by atoms with Gasteiger partial charge >= 0.3 is 12.1 Å². The van der Waals surface area contributed by atoms with Crippen LogP contribution in [0.25, 0.3) is 4.85 Å². The van der Waals surface area contributed by atoms with E-state index in [1.807, 2.05) is 0 Å². The zero-order valence-corrected chi connectivity index (χ0v) is 17.6. The molecule has 4 rings (SSSR count). The van der Waals surface area contributed by atoms with Gasteiger partial charge in [-0.05, 0) is 67.9 Å². The Balaban J connectivity index is 1.77. The van der Waals surface area contributed by atoms with Crippen molar-refractivity contribution < 1.29 is 27.5 Å². The van der Waals surface area contributed by atoms with Gasteiger partial charge in [-0.15, -0.1) is 0 Å². The Labute approximate surface area is 187 Å². The number of carbonyl (C=O) groups is 2. The van der Waals surface area contributed by atoms with Crippen molar-refractivity contribution in [1.29, 1.82) is 0 Å². The number of halogens is 3. The van der Waals surface area contributed by atoms with Crippen LogP contribution in [-0.2, 0) is 15.7 Å². The average molecular weight is 459 g/mol. The SMILES string of the molecule is [C-]#[N+]c1ccc(N2C(=O)C3(CCC3)N(c3ccc(C(=O)OC)cc3)C2=S)cc1C(F)(F)F. The topological polar surface area (TPSA) is 54.2 Å². The predicted octanol–water partition coefficient (Wildman–Crippen LogP) is 5.10. The molecule has 10 heteroatoms. The number of benzene rings is 2. The van der Waals surface area contributed by atoms with Gasteiger partial charge in [0.2, 0.25) is 0 Å². The van der Waals surface area contributed by atoms with Crippen LogP contribution in [0, 0.1) is 6.57 Å². The van der Waals surface area contributed by atoms with Gasteiger partial charge in [-0.3, -0.25) is 9.69 Å². The number of esters is 1. The second-order valence-corrected chi connectivity index (χ2v) is 7.86. The summed E-state index contributed by atoms with van der Waals surface area (Å²) in [6, 6.07) is 9.45. The number of amides is 1. The Kier molecular flexibility index (Phi) is 5.17. The summed E-state index contributed by atoms with van der Waals surface area (Å²) in [5, 5.41) is 0.0456. The smallest absolute Gasteiger partial charge is 0.407 e. The first-order valence-corrected chi connectivity index (χ1v) is 10.0. The molecule has 0 radical (unpaired) electrons. The number of alkyl halides is 3. The van der Waals surface area contributed by atoms with Gasteiger partial charge in [0.25, 0.3) is 5.91 Å². The minimum absolute atomic E-state index is 0.0420. The van der Waals surface area contributed by atoms with Gasteiger partial charge in [-0.2, -0.15) is 13.2 Å². The van der Waals surface area contributed by atoms with Crippen molar-refractivity contribution in [3.05, 3.63) is 65.0 Å². The minimum Gasteiger partial charge on any atom is -0.465 e. The van der Waals surface area contributed by atoms with Crippen molar-refractivity contribution in [2.45, 2.75) is 31.0 Å². The van der Waals surface area contributed by atoms with Crippen molar-refractivity contribution in [3.8, 4) is 0 Å². The summed E-state index contributed by atoms with van der Waals surface area (Å²) < 4.78 is 45.1. The molecule has 1 spiro atoms. The molecule has 1 heterocycles. The van der Waals surface area contributed by atoms with Gasteiger partial charge < -0.3 is 9.64 Å². The normalized spacial score (nSPS) is 17.3. The molecule has 0 atom stereocenters. The fraction of sp³-hybridized carbons (Fsp3) is 0.273. The molecule has 0 aromatic heterocycles. The molecule has 1 aliphatic heterocycles. The number of anilines is 2. The second-order valence-electron chi connectivity index (χ2n) is 7.49. The van der Waals surface area contributed by atoms with Crippen molar-refractivity contribution >= 4 is 46.3 Å². The zero-order valence-electron chi connectivity index (χ0n) is 16.8. The fourth-order valence-corrected chi connectivity index (χ4v) is 4.53. The summed E-state index contributed by atoms with van der Waals surface area (Å²) in [6.45, 7) is 7.01. The predicted molar refractivity (Wildman–Crippen MR) is 115 cm³/mol.